The highest BCUT2D eigenvalue weighted by Crippen LogP contribution is 2.37. The topological polar surface area (TPSA) is 26.0 Å². The predicted molar refractivity (Wildman–Crippen MR) is 86.0 cm³/mol. The van der Waals surface area contributed by atoms with E-state index < -0.39 is 0 Å². The van der Waals surface area contributed by atoms with Gasteiger partial charge in [0.05, 0.1) is 0 Å². The maximum Gasteiger partial charge on any atom is 0.0108 e. The molecule has 1 aliphatic rings. The lowest BCUT2D eigenvalue weighted by molar-refractivity contribution is 0.427. The molecule has 19 heavy (non-hydrogen) atoms. The Labute approximate surface area is 122 Å². The summed E-state index contributed by atoms with van der Waals surface area (Å²) in [6.45, 7) is 2.28. The first-order valence-corrected chi connectivity index (χ1v) is 9.02. The Morgan fingerprint density at radius 2 is 2.05 bits per heavy atom. The van der Waals surface area contributed by atoms with E-state index in [1.807, 2.05) is 11.3 Å². The monoisotopic (exact) mass is 279 g/mol. The van der Waals surface area contributed by atoms with E-state index in [2.05, 4.69) is 18.4 Å². The van der Waals surface area contributed by atoms with Crippen molar-refractivity contribution >= 4 is 11.3 Å². The molecule has 1 nitrogen and oxygen atoms in total. The Balaban J connectivity index is 1.71. The van der Waals surface area contributed by atoms with Crippen LogP contribution in [0.3, 0.4) is 0 Å². The molecule has 0 spiro atoms. The van der Waals surface area contributed by atoms with Gasteiger partial charge in [-0.1, -0.05) is 45.4 Å². The average Bonchev–Trinajstić information content (AvgIpc) is 2.90. The van der Waals surface area contributed by atoms with Crippen molar-refractivity contribution in [2.75, 3.05) is 0 Å². The summed E-state index contributed by atoms with van der Waals surface area (Å²) in [5.74, 6) is 0.644. The molecule has 108 valence electrons. The second-order valence-corrected chi connectivity index (χ2v) is 7.02. The minimum atomic E-state index is 0.389. The van der Waals surface area contributed by atoms with Gasteiger partial charge >= 0.3 is 0 Å². The molecule has 1 heterocycles. The zero-order valence-electron chi connectivity index (χ0n) is 12.4. The molecule has 0 saturated heterocycles. The largest absolute Gasteiger partial charge is 0.327 e. The van der Waals surface area contributed by atoms with Gasteiger partial charge in [0.2, 0.25) is 0 Å². The molecular formula is C17H29NS. The van der Waals surface area contributed by atoms with Gasteiger partial charge in [0.15, 0.2) is 0 Å². The first kappa shape index (κ1) is 15.1. The fourth-order valence-corrected chi connectivity index (χ4v) is 4.32. The first-order chi connectivity index (χ1) is 9.33. The van der Waals surface area contributed by atoms with Gasteiger partial charge in [0.25, 0.3) is 0 Å². The number of aryl methyl sites for hydroxylation is 1. The number of rotatable bonds is 8. The summed E-state index contributed by atoms with van der Waals surface area (Å²) in [6.07, 6.45) is 13.4. The van der Waals surface area contributed by atoms with E-state index in [-0.39, 0.29) is 0 Å². The highest BCUT2D eigenvalue weighted by molar-refractivity contribution is 7.10. The van der Waals surface area contributed by atoms with Crippen LogP contribution in [-0.4, -0.2) is 6.04 Å². The molecule has 1 aromatic heterocycles. The molecule has 2 heteroatoms. The van der Waals surface area contributed by atoms with Gasteiger partial charge in [0.1, 0.15) is 0 Å². The van der Waals surface area contributed by atoms with Crippen molar-refractivity contribution in [2.45, 2.75) is 83.1 Å². The third-order valence-electron chi connectivity index (χ3n) is 4.51. The van der Waals surface area contributed by atoms with E-state index >= 15 is 0 Å². The normalized spacial score (nSPS) is 20.2. The highest BCUT2D eigenvalue weighted by atomic mass is 32.1. The van der Waals surface area contributed by atoms with Gasteiger partial charge in [0, 0.05) is 16.8 Å². The number of hydrogen-bond donors (Lipinski definition) is 1. The molecule has 1 aliphatic carbocycles. The molecule has 0 radical (unpaired) electrons. The van der Waals surface area contributed by atoms with Gasteiger partial charge in [-0.05, 0) is 42.7 Å². The summed E-state index contributed by atoms with van der Waals surface area (Å²) in [4.78, 5) is 1.61. The fourth-order valence-electron chi connectivity index (χ4n) is 3.33. The number of thiophene rings is 1. The smallest absolute Gasteiger partial charge is 0.0108 e. The number of hydrogen-bond acceptors (Lipinski definition) is 2. The Kier molecular flexibility index (Phi) is 6.39. The summed E-state index contributed by atoms with van der Waals surface area (Å²) in [7, 11) is 0. The first-order valence-electron chi connectivity index (χ1n) is 8.14. The summed E-state index contributed by atoms with van der Waals surface area (Å²) in [6, 6.07) is 2.71. The Morgan fingerprint density at radius 3 is 2.89 bits per heavy atom. The van der Waals surface area contributed by atoms with Crippen molar-refractivity contribution in [1.82, 2.24) is 0 Å². The SMILES string of the molecule is CCCCCCCCC(N)C1CCCc2sccc21. The van der Waals surface area contributed by atoms with E-state index in [0.29, 0.717) is 12.0 Å². The minimum Gasteiger partial charge on any atom is -0.327 e. The molecule has 0 saturated carbocycles. The van der Waals surface area contributed by atoms with E-state index in [4.69, 9.17) is 5.73 Å². The van der Waals surface area contributed by atoms with E-state index in [0.717, 1.165) is 0 Å². The third kappa shape index (κ3) is 4.32. The zero-order valence-corrected chi connectivity index (χ0v) is 13.2. The number of unbranched alkanes of at least 4 members (excludes halogenated alkanes) is 5. The van der Waals surface area contributed by atoms with E-state index in [9.17, 15) is 0 Å². The van der Waals surface area contributed by atoms with Crippen LogP contribution in [0.2, 0.25) is 0 Å². The van der Waals surface area contributed by atoms with Crippen LogP contribution in [0.4, 0.5) is 0 Å². The summed E-state index contributed by atoms with van der Waals surface area (Å²) >= 11 is 1.93. The van der Waals surface area contributed by atoms with Gasteiger partial charge in [-0.3, -0.25) is 0 Å². The third-order valence-corrected chi connectivity index (χ3v) is 5.50. The highest BCUT2D eigenvalue weighted by Gasteiger charge is 2.25. The lowest BCUT2D eigenvalue weighted by atomic mass is 9.81. The molecular weight excluding hydrogens is 250 g/mol. The van der Waals surface area contributed by atoms with E-state index in [1.54, 1.807) is 10.4 Å². The van der Waals surface area contributed by atoms with Crippen LogP contribution in [0, 0.1) is 0 Å². The van der Waals surface area contributed by atoms with Gasteiger partial charge in [-0.15, -0.1) is 11.3 Å². The summed E-state index contributed by atoms with van der Waals surface area (Å²) in [5, 5.41) is 2.25. The molecule has 2 rings (SSSR count). The van der Waals surface area contributed by atoms with Crippen molar-refractivity contribution in [3.63, 3.8) is 0 Å². The van der Waals surface area contributed by atoms with Crippen molar-refractivity contribution in [2.24, 2.45) is 5.73 Å². The second kappa shape index (κ2) is 8.06. The number of nitrogens with two attached hydrogens (primary N) is 1. The van der Waals surface area contributed by atoms with Crippen LogP contribution in [0.25, 0.3) is 0 Å². The van der Waals surface area contributed by atoms with E-state index in [1.165, 1.54) is 64.2 Å². The van der Waals surface area contributed by atoms with Crippen LogP contribution in [0.15, 0.2) is 11.4 Å². The molecule has 2 unspecified atom stereocenters. The quantitative estimate of drug-likeness (QED) is 0.646. The molecule has 0 bridgehead atoms. The van der Waals surface area contributed by atoms with Gasteiger partial charge in [-0.2, -0.15) is 0 Å². The van der Waals surface area contributed by atoms with Crippen molar-refractivity contribution < 1.29 is 0 Å². The Morgan fingerprint density at radius 1 is 1.26 bits per heavy atom. The molecule has 0 fully saturated rings. The predicted octanol–water partition coefficient (Wildman–Crippen LogP) is 5.25. The second-order valence-electron chi connectivity index (χ2n) is 6.02. The zero-order chi connectivity index (χ0) is 13.5. The van der Waals surface area contributed by atoms with Crippen LogP contribution in [-0.2, 0) is 6.42 Å². The Hall–Kier alpha value is -0.340. The van der Waals surface area contributed by atoms with Crippen LogP contribution < -0.4 is 5.73 Å². The molecule has 0 aromatic carbocycles. The lowest BCUT2D eigenvalue weighted by Gasteiger charge is -2.28. The maximum absolute atomic E-state index is 6.47. The van der Waals surface area contributed by atoms with Gasteiger partial charge < -0.3 is 5.73 Å². The number of fused-ring (bicyclic) bond motifs is 1. The van der Waals surface area contributed by atoms with Crippen molar-refractivity contribution in [3.8, 4) is 0 Å². The maximum atomic E-state index is 6.47. The lowest BCUT2D eigenvalue weighted by Crippen LogP contribution is -2.30. The van der Waals surface area contributed by atoms with Crippen LogP contribution >= 0.6 is 11.3 Å². The summed E-state index contributed by atoms with van der Waals surface area (Å²) < 4.78 is 0. The molecule has 0 aliphatic heterocycles. The van der Waals surface area contributed by atoms with Crippen LogP contribution in [0.5, 0.6) is 0 Å². The van der Waals surface area contributed by atoms with Crippen molar-refractivity contribution in [1.29, 1.82) is 0 Å². The average molecular weight is 279 g/mol. The molecule has 1 aromatic rings. The fraction of sp³-hybridized carbons (Fsp3) is 0.765. The molecule has 0 amide bonds. The van der Waals surface area contributed by atoms with Crippen LogP contribution in [0.1, 0.15) is 81.1 Å². The Bertz CT molecular complexity index is 358. The minimum absolute atomic E-state index is 0.389. The summed E-state index contributed by atoms with van der Waals surface area (Å²) in [5.41, 5.74) is 8.05. The standard InChI is InChI=1S/C17H29NS/c1-2-3-4-5-6-7-10-16(18)14-9-8-11-17-15(14)12-13-19-17/h12-14,16H,2-11,18H2,1H3. The molecule has 2 N–H and O–H groups in total. The molecule has 2 atom stereocenters. The van der Waals surface area contributed by atoms with Crippen molar-refractivity contribution in [3.05, 3.63) is 21.9 Å². The van der Waals surface area contributed by atoms with Gasteiger partial charge in [-0.25, -0.2) is 0 Å².